The monoisotopic (exact) mass is 414 g/mol. The molecular formula is C22H30N4O4. The van der Waals surface area contributed by atoms with Gasteiger partial charge in [0.15, 0.2) is 5.96 Å². The molecule has 1 aliphatic heterocycles. The first-order valence-corrected chi connectivity index (χ1v) is 10.2. The molecule has 2 heterocycles. The molecule has 1 amide bonds. The third-order valence-electron chi connectivity index (χ3n) is 4.80. The van der Waals surface area contributed by atoms with Gasteiger partial charge in [-0.3, -0.25) is 9.79 Å². The van der Waals surface area contributed by atoms with Crippen LogP contribution in [0.4, 0.5) is 0 Å². The van der Waals surface area contributed by atoms with Crippen molar-refractivity contribution < 1.29 is 18.7 Å². The third-order valence-corrected chi connectivity index (χ3v) is 4.80. The van der Waals surface area contributed by atoms with Gasteiger partial charge in [0.1, 0.15) is 18.1 Å². The smallest absolute Gasteiger partial charge is 0.239 e. The van der Waals surface area contributed by atoms with E-state index in [2.05, 4.69) is 20.9 Å². The van der Waals surface area contributed by atoms with E-state index in [1.165, 1.54) is 0 Å². The van der Waals surface area contributed by atoms with Crippen LogP contribution >= 0.6 is 0 Å². The Morgan fingerprint density at radius 1 is 1.23 bits per heavy atom. The number of aryl methyl sites for hydroxylation is 1. The Morgan fingerprint density at radius 2 is 2.13 bits per heavy atom. The lowest BCUT2D eigenvalue weighted by molar-refractivity contribution is -0.120. The third kappa shape index (κ3) is 6.81. The molecular weight excluding hydrogens is 384 g/mol. The fraction of sp³-hybridized carbons (Fsp3) is 0.455. The summed E-state index contributed by atoms with van der Waals surface area (Å²) in [6.45, 7) is 4.39. The van der Waals surface area contributed by atoms with E-state index in [9.17, 15) is 4.79 Å². The number of rotatable bonds is 9. The van der Waals surface area contributed by atoms with E-state index in [-0.39, 0.29) is 18.6 Å². The van der Waals surface area contributed by atoms with E-state index in [4.69, 9.17) is 13.9 Å². The molecule has 8 heteroatoms. The number of carbonyl (C=O) groups excluding carboxylic acids is 1. The molecule has 1 saturated heterocycles. The Morgan fingerprint density at radius 3 is 2.87 bits per heavy atom. The molecule has 0 spiro atoms. The highest BCUT2D eigenvalue weighted by Gasteiger charge is 2.17. The van der Waals surface area contributed by atoms with Gasteiger partial charge in [-0.25, -0.2) is 0 Å². The number of guanidine groups is 1. The molecule has 2 aromatic rings. The van der Waals surface area contributed by atoms with Crippen LogP contribution in [-0.4, -0.2) is 44.8 Å². The molecule has 3 rings (SSSR count). The summed E-state index contributed by atoms with van der Waals surface area (Å²) in [6.07, 6.45) is 3.88. The van der Waals surface area contributed by atoms with E-state index in [1.54, 1.807) is 19.4 Å². The van der Waals surface area contributed by atoms with Crippen molar-refractivity contribution in [1.29, 1.82) is 0 Å². The topological polar surface area (TPSA) is 97.1 Å². The van der Waals surface area contributed by atoms with Crippen molar-refractivity contribution in [2.45, 2.75) is 39.0 Å². The second-order valence-corrected chi connectivity index (χ2v) is 7.19. The molecule has 0 aliphatic carbocycles. The van der Waals surface area contributed by atoms with Crippen molar-refractivity contribution in [3.05, 3.63) is 53.5 Å². The van der Waals surface area contributed by atoms with Crippen LogP contribution in [0.2, 0.25) is 0 Å². The number of aliphatic imine (C=N–C) groups is 1. The van der Waals surface area contributed by atoms with E-state index in [0.29, 0.717) is 31.4 Å². The Hall–Kier alpha value is -3.00. The van der Waals surface area contributed by atoms with Crippen LogP contribution in [0.5, 0.6) is 5.75 Å². The van der Waals surface area contributed by atoms with Crippen molar-refractivity contribution >= 4 is 11.9 Å². The fourth-order valence-electron chi connectivity index (χ4n) is 3.13. The Bertz CT molecular complexity index is 830. The van der Waals surface area contributed by atoms with Crippen LogP contribution in [0.3, 0.4) is 0 Å². The Balaban J connectivity index is 1.46. The van der Waals surface area contributed by atoms with E-state index in [1.807, 2.05) is 31.2 Å². The minimum atomic E-state index is -0.148. The van der Waals surface area contributed by atoms with E-state index in [0.717, 1.165) is 36.3 Å². The van der Waals surface area contributed by atoms with Gasteiger partial charge in [0.2, 0.25) is 5.91 Å². The van der Waals surface area contributed by atoms with E-state index >= 15 is 0 Å². The number of nitrogens with zero attached hydrogens (tertiary/aromatic N) is 1. The van der Waals surface area contributed by atoms with Crippen LogP contribution in [0, 0.1) is 6.92 Å². The lowest BCUT2D eigenvalue weighted by Crippen LogP contribution is -2.42. The molecule has 8 nitrogen and oxygen atoms in total. The Labute approximate surface area is 177 Å². The SMILES string of the molecule is CN=C(NCC(=O)NCc1ccco1)NCc1ccc(C)cc1OCC1CCCO1. The molecule has 0 bridgehead atoms. The summed E-state index contributed by atoms with van der Waals surface area (Å²) in [5.41, 5.74) is 2.15. The molecule has 1 atom stereocenters. The maximum atomic E-state index is 12.0. The minimum absolute atomic E-state index is 0.108. The van der Waals surface area contributed by atoms with Gasteiger partial charge in [-0.15, -0.1) is 0 Å². The van der Waals surface area contributed by atoms with Crippen LogP contribution in [0.15, 0.2) is 46.0 Å². The first kappa shape index (κ1) is 21.7. The number of hydrogen-bond acceptors (Lipinski definition) is 5. The maximum Gasteiger partial charge on any atom is 0.239 e. The van der Waals surface area contributed by atoms with Gasteiger partial charge in [0.05, 0.1) is 25.5 Å². The van der Waals surface area contributed by atoms with Gasteiger partial charge in [-0.05, 0) is 43.5 Å². The predicted octanol–water partition coefficient (Wildman–Crippen LogP) is 2.13. The summed E-state index contributed by atoms with van der Waals surface area (Å²) in [4.78, 5) is 16.2. The van der Waals surface area contributed by atoms with Crippen molar-refractivity contribution in [1.82, 2.24) is 16.0 Å². The normalized spacial score (nSPS) is 16.3. The van der Waals surface area contributed by atoms with Crippen LogP contribution in [0.1, 0.15) is 29.7 Å². The summed E-state index contributed by atoms with van der Waals surface area (Å²) >= 11 is 0. The molecule has 3 N–H and O–H groups in total. The molecule has 0 saturated carbocycles. The first-order valence-electron chi connectivity index (χ1n) is 10.2. The van der Waals surface area contributed by atoms with Crippen LogP contribution in [0.25, 0.3) is 0 Å². The van der Waals surface area contributed by atoms with Crippen molar-refractivity contribution in [2.75, 3.05) is 26.8 Å². The average molecular weight is 415 g/mol. The summed E-state index contributed by atoms with van der Waals surface area (Å²) < 4.78 is 16.9. The first-order chi connectivity index (χ1) is 14.6. The molecule has 1 aliphatic rings. The number of amides is 1. The highest BCUT2D eigenvalue weighted by molar-refractivity contribution is 5.86. The summed E-state index contributed by atoms with van der Waals surface area (Å²) in [5.74, 6) is 1.93. The van der Waals surface area contributed by atoms with Gasteiger partial charge < -0.3 is 29.8 Å². The number of ether oxygens (including phenoxy) is 2. The molecule has 1 aromatic heterocycles. The second kappa shape index (κ2) is 11.3. The van der Waals surface area contributed by atoms with Crippen molar-refractivity contribution in [3.8, 4) is 5.75 Å². The molecule has 162 valence electrons. The number of nitrogens with one attached hydrogen (secondary N) is 3. The van der Waals surface area contributed by atoms with Gasteiger partial charge in [0, 0.05) is 25.8 Å². The quantitative estimate of drug-likeness (QED) is 0.430. The highest BCUT2D eigenvalue weighted by atomic mass is 16.5. The standard InChI is InChI=1S/C22H30N4O4/c1-16-7-8-17(20(11-16)30-15-19-6-4-10-29-19)12-25-22(23-2)26-14-21(27)24-13-18-5-3-9-28-18/h3,5,7-9,11,19H,4,6,10,12-15H2,1-2H3,(H,24,27)(H2,23,25,26). The summed E-state index contributed by atoms with van der Waals surface area (Å²) in [5, 5.41) is 9.03. The van der Waals surface area contributed by atoms with Crippen molar-refractivity contribution in [2.24, 2.45) is 4.99 Å². The zero-order chi connectivity index (χ0) is 21.2. The van der Waals surface area contributed by atoms with Gasteiger partial charge >= 0.3 is 0 Å². The summed E-state index contributed by atoms with van der Waals surface area (Å²) in [7, 11) is 1.67. The zero-order valence-corrected chi connectivity index (χ0v) is 17.6. The number of benzene rings is 1. The van der Waals surface area contributed by atoms with Gasteiger partial charge in [0.25, 0.3) is 0 Å². The number of hydrogen-bond donors (Lipinski definition) is 3. The molecule has 0 radical (unpaired) electrons. The molecule has 1 fully saturated rings. The molecule has 30 heavy (non-hydrogen) atoms. The predicted molar refractivity (Wildman–Crippen MR) is 114 cm³/mol. The van der Waals surface area contributed by atoms with Crippen LogP contribution < -0.4 is 20.7 Å². The second-order valence-electron chi connectivity index (χ2n) is 7.19. The lowest BCUT2D eigenvalue weighted by atomic mass is 10.1. The minimum Gasteiger partial charge on any atom is -0.491 e. The largest absolute Gasteiger partial charge is 0.491 e. The van der Waals surface area contributed by atoms with Gasteiger partial charge in [-0.2, -0.15) is 0 Å². The average Bonchev–Trinajstić information content (AvgIpc) is 3.46. The highest BCUT2D eigenvalue weighted by Crippen LogP contribution is 2.22. The fourth-order valence-corrected chi connectivity index (χ4v) is 3.13. The molecule has 1 unspecified atom stereocenters. The van der Waals surface area contributed by atoms with E-state index < -0.39 is 0 Å². The molecule has 1 aromatic carbocycles. The zero-order valence-electron chi connectivity index (χ0n) is 17.6. The lowest BCUT2D eigenvalue weighted by Gasteiger charge is -2.17. The Kier molecular flexibility index (Phi) is 8.14. The van der Waals surface area contributed by atoms with Crippen LogP contribution in [-0.2, 0) is 22.6 Å². The number of furan rings is 1. The summed E-state index contributed by atoms with van der Waals surface area (Å²) in [6, 6.07) is 9.72. The van der Waals surface area contributed by atoms with Gasteiger partial charge in [-0.1, -0.05) is 12.1 Å². The maximum absolute atomic E-state index is 12.0. The van der Waals surface area contributed by atoms with Crippen molar-refractivity contribution in [3.63, 3.8) is 0 Å². The number of carbonyl (C=O) groups is 1.